The van der Waals surface area contributed by atoms with E-state index in [4.69, 9.17) is 17.3 Å². The standard InChI is InChI=1S/C19H14ClN/c20-17-10-9-15(14-7-3-4-8-18(14)21)19-13-6-2-1-5-12(13)11-16(17)19/h1-10H,11,21H2. The molecule has 0 saturated heterocycles. The zero-order valence-corrected chi connectivity index (χ0v) is 12.2. The highest BCUT2D eigenvalue weighted by atomic mass is 35.5. The molecule has 3 aromatic carbocycles. The van der Waals surface area contributed by atoms with Gasteiger partial charge in [-0.3, -0.25) is 0 Å². The third-order valence-electron chi connectivity index (χ3n) is 4.16. The molecule has 0 amide bonds. The van der Waals surface area contributed by atoms with Crippen molar-refractivity contribution in [2.75, 3.05) is 5.73 Å². The fourth-order valence-corrected chi connectivity index (χ4v) is 3.40. The van der Waals surface area contributed by atoms with Crippen molar-refractivity contribution in [1.82, 2.24) is 0 Å². The van der Waals surface area contributed by atoms with Crippen LogP contribution in [0.3, 0.4) is 0 Å². The van der Waals surface area contributed by atoms with Crippen LogP contribution in [0.25, 0.3) is 22.3 Å². The minimum Gasteiger partial charge on any atom is -0.398 e. The molecule has 0 unspecified atom stereocenters. The SMILES string of the molecule is Nc1ccccc1-c1ccc(Cl)c2c1-c1ccccc1C2. The van der Waals surface area contributed by atoms with E-state index in [0.29, 0.717) is 0 Å². The van der Waals surface area contributed by atoms with Crippen molar-refractivity contribution in [2.45, 2.75) is 6.42 Å². The van der Waals surface area contributed by atoms with Crippen LogP contribution in [0.5, 0.6) is 0 Å². The normalized spacial score (nSPS) is 12.0. The highest BCUT2D eigenvalue weighted by molar-refractivity contribution is 6.32. The Kier molecular flexibility index (Phi) is 2.76. The van der Waals surface area contributed by atoms with Gasteiger partial charge in [0.2, 0.25) is 0 Å². The van der Waals surface area contributed by atoms with Crippen molar-refractivity contribution in [3.63, 3.8) is 0 Å². The summed E-state index contributed by atoms with van der Waals surface area (Å²) in [6.07, 6.45) is 0.894. The molecule has 1 aliphatic rings. The summed E-state index contributed by atoms with van der Waals surface area (Å²) in [6.45, 7) is 0. The second kappa shape index (κ2) is 4.64. The molecule has 0 radical (unpaired) electrons. The van der Waals surface area contributed by atoms with Gasteiger partial charge >= 0.3 is 0 Å². The van der Waals surface area contributed by atoms with Crippen molar-refractivity contribution >= 4 is 17.3 Å². The first-order chi connectivity index (χ1) is 10.3. The van der Waals surface area contributed by atoms with Gasteiger partial charge in [-0.2, -0.15) is 0 Å². The zero-order valence-electron chi connectivity index (χ0n) is 11.4. The van der Waals surface area contributed by atoms with Gasteiger partial charge in [-0.1, -0.05) is 60.1 Å². The van der Waals surface area contributed by atoms with Crippen LogP contribution in [0, 0.1) is 0 Å². The molecule has 21 heavy (non-hydrogen) atoms. The first kappa shape index (κ1) is 12.5. The van der Waals surface area contributed by atoms with Gasteiger partial charge < -0.3 is 5.73 Å². The summed E-state index contributed by atoms with van der Waals surface area (Å²) in [7, 11) is 0. The lowest BCUT2D eigenvalue weighted by atomic mass is 9.93. The molecule has 3 aromatic rings. The average molecular weight is 292 g/mol. The number of rotatable bonds is 1. The summed E-state index contributed by atoms with van der Waals surface area (Å²) < 4.78 is 0. The molecule has 1 aliphatic carbocycles. The molecule has 0 bridgehead atoms. The number of para-hydroxylation sites is 1. The van der Waals surface area contributed by atoms with Gasteiger partial charge in [-0.15, -0.1) is 0 Å². The lowest BCUT2D eigenvalue weighted by Crippen LogP contribution is -1.92. The average Bonchev–Trinajstić information content (AvgIpc) is 2.89. The molecule has 0 heterocycles. The number of nitrogens with two attached hydrogens (primary N) is 1. The molecule has 0 aliphatic heterocycles. The molecule has 0 saturated carbocycles. The molecular formula is C19H14ClN. The Hall–Kier alpha value is -2.25. The molecule has 0 atom stereocenters. The summed E-state index contributed by atoms with van der Waals surface area (Å²) in [6, 6.07) is 20.5. The molecule has 4 rings (SSSR count). The van der Waals surface area contributed by atoms with Crippen LogP contribution in [0.2, 0.25) is 5.02 Å². The predicted octanol–water partition coefficient (Wildman–Crippen LogP) is 5.16. The van der Waals surface area contributed by atoms with Gasteiger partial charge in [0.15, 0.2) is 0 Å². The van der Waals surface area contributed by atoms with Gasteiger partial charge in [0, 0.05) is 22.7 Å². The second-order valence-corrected chi connectivity index (χ2v) is 5.78. The van der Waals surface area contributed by atoms with Crippen LogP contribution in [-0.4, -0.2) is 0 Å². The number of halogens is 1. The maximum Gasteiger partial charge on any atom is 0.0448 e. The van der Waals surface area contributed by atoms with Crippen molar-refractivity contribution in [1.29, 1.82) is 0 Å². The minimum atomic E-state index is 0.798. The molecular weight excluding hydrogens is 278 g/mol. The molecule has 0 spiro atoms. The number of hydrogen-bond acceptors (Lipinski definition) is 1. The van der Waals surface area contributed by atoms with Gasteiger partial charge in [-0.05, 0) is 39.9 Å². The summed E-state index contributed by atoms with van der Waals surface area (Å²) >= 11 is 6.43. The summed E-state index contributed by atoms with van der Waals surface area (Å²) in [4.78, 5) is 0. The minimum absolute atomic E-state index is 0.798. The van der Waals surface area contributed by atoms with Crippen LogP contribution >= 0.6 is 11.6 Å². The Balaban J connectivity index is 2.06. The van der Waals surface area contributed by atoms with Crippen molar-refractivity contribution in [3.8, 4) is 22.3 Å². The Morgan fingerprint density at radius 3 is 2.29 bits per heavy atom. The lowest BCUT2D eigenvalue weighted by molar-refractivity contribution is 1.26. The molecule has 102 valence electrons. The Morgan fingerprint density at radius 2 is 1.48 bits per heavy atom. The molecule has 2 N–H and O–H groups in total. The van der Waals surface area contributed by atoms with E-state index in [9.17, 15) is 0 Å². The third kappa shape index (κ3) is 1.85. The van der Waals surface area contributed by atoms with E-state index in [1.807, 2.05) is 24.3 Å². The monoisotopic (exact) mass is 291 g/mol. The Morgan fingerprint density at radius 1 is 0.762 bits per heavy atom. The smallest absolute Gasteiger partial charge is 0.0448 e. The molecule has 2 heteroatoms. The summed E-state index contributed by atoms with van der Waals surface area (Å²) in [5, 5.41) is 0.833. The van der Waals surface area contributed by atoms with Crippen molar-refractivity contribution < 1.29 is 0 Å². The first-order valence-electron chi connectivity index (χ1n) is 7.00. The lowest BCUT2D eigenvalue weighted by Gasteiger charge is -2.13. The van der Waals surface area contributed by atoms with Crippen LogP contribution in [0.15, 0.2) is 60.7 Å². The summed E-state index contributed by atoms with van der Waals surface area (Å²) in [5.41, 5.74) is 14.2. The zero-order chi connectivity index (χ0) is 14.4. The Bertz CT molecular complexity index is 852. The topological polar surface area (TPSA) is 26.0 Å². The van der Waals surface area contributed by atoms with Crippen LogP contribution in [-0.2, 0) is 6.42 Å². The summed E-state index contributed by atoms with van der Waals surface area (Å²) in [5.74, 6) is 0. The quantitative estimate of drug-likeness (QED) is 0.482. The van der Waals surface area contributed by atoms with Gasteiger partial charge in [-0.25, -0.2) is 0 Å². The van der Waals surface area contributed by atoms with E-state index in [1.54, 1.807) is 0 Å². The number of benzene rings is 3. The fraction of sp³-hybridized carbons (Fsp3) is 0.0526. The van der Waals surface area contributed by atoms with Gasteiger partial charge in [0.05, 0.1) is 0 Å². The van der Waals surface area contributed by atoms with E-state index >= 15 is 0 Å². The maximum absolute atomic E-state index is 6.43. The fourth-order valence-electron chi connectivity index (χ4n) is 3.18. The highest BCUT2D eigenvalue weighted by Crippen LogP contribution is 2.46. The van der Waals surface area contributed by atoms with Crippen LogP contribution < -0.4 is 5.73 Å². The maximum atomic E-state index is 6.43. The highest BCUT2D eigenvalue weighted by Gasteiger charge is 2.24. The first-order valence-corrected chi connectivity index (χ1v) is 7.38. The second-order valence-electron chi connectivity index (χ2n) is 5.37. The van der Waals surface area contributed by atoms with E-state index in [0.717, 1.165) is 28.3 Å². The van der Waals surface area contributed by atoms with E-state index in [2.05, 4.69) is 36.4 Å². The number of anilines is 1. The van der Waals surface area contributed by atoms with Crippen molar-refractivity contribution in [2.24, 2.45) is 0 Å². The third-order valence-corrected chi connectivity index (χ3v) is 4.51. The van der Waals surface area contributed by atoms with E-state index in [1.165, 1.54) is 22.3 Å². The van der Waals surface area contributed by atoms with E-state index < -0.39 is 0 Å². The molecule has 0 aromatic heterocycles. The van der Waals surface area contributed by atoms with Crippen molar-refractivity contribution in [3.05, 3.63) is 76.8 Å². The number of fused-ring (bicyclic) bond motifs is 3. The largest absolute Gasteiger partial charge is 0.398 e. The van der Waals surface area contributed by atoms with Gasteiger partial charge in [0.1, 0.15) is 0 Å². The molecule has 1 nitrogen and oxygen atoms in total. The van der Waals surface area contributed by atoms with Crippen LogP contribution in [0.4, 0.5) is 5.69 Å². The predicted molar refractivity (Wildman–Crippen MR) is 89.5 cm³/mol. The van der Waals surface area contributed by atoms with E-state index in [-0.39, 0.29) is 0 Å². The number of nitrogen functional groups attached to an aromatic ring is 1. The van der Waals surface area contributed by atoms with Gasteiger partial charge in [0.25, 0.3) is 0 Å². The number of hydrogen-bond donors (Lipinski definition) is 1. The Labute approximate surface area is 129 Å². The molecule has 0 fully saturated rings. The van der Waals surface area contributed by atoms with Crippen LogP contribution in [0.1, 0.15) is 11.1 Å².